The lowest BCUT2D eigenvalue weighted by atomic mass is 9.82. The zero-order valence-electron chi connectivity index (χ0n) is 9.61. The highest BCUT2D eigenvalue weighted by atomic mass is 15.3. The summed E-state index contributed by atoms with van der Waals surface area (Å²) in [5.41, 5.74) is 6.22. The lowest BCUT2D eigenvalue weighted by Gasteiger charge is -2.26. The molecule has 1 aromatic heterocycles. The SMILES string of the molecule is CC1CCC(CN)(Cc2ncnn2C)C1. The van der Waals surface area contributed by atoms with E-state index in [1.54, 1.807) is 6.33 Å². The van der Waals surface area contributed by atoms with Gasteiger partial charge in [-0.05, 0) is 30.7 Å². The molecule has 0 spiro atoms. The summed E-state index contributed by atoms with van der Waals surface area (Å²) >= 11 is 0. The minimum Gasteiger partial charge on any atom is -0.330 e. The first-order chi connectivity index (χ1) is 7.15. The second-order valence-corrected chi connectivity index (χ2v) is 5.03. The number of hydrogen-bond acceptors (Lipinski definition) is 3. The Morgan fingerprint density at radius 2 is 2.47 bits per heavy atom. The Morgan fingerprint density at radius 3 is 2.93 bits per heavy atom. The van der Waals surface area contributed by atoms with Gasteiger partial charge >= 0.3 is 0 Å². The summed E-state index contributed by atoms with van der Waals surface area (Å²) in [6.07, 6.45) is 6.37. The minimum absolute atomic E-state index is 0.278. The highest BCUT2D eigenvalue weighted by Crippen LogP contribution is 2.42. The predicted octanol–water partition coefficient (Wildman–Crippen LogP) is 1.12. The maximum Gasteiger partial charge on any atom is 0.138 e. The third-order valence-corrected chi connectivity index (χ3v) is 3.72. The van der Waals surface area contributed by atoms with E-state index in [4.69, 9.17) is 5.73 Å². The van der Waals surface area contributed by atoms with Crippen LogP contribution in [0.2, 0.25) is 0 Å². The van der Waals surface area contributed by atoms with E-state index >= 15 is 0 Å². The van der Waals surface area contributed by atoms with Crippen molar-refractivity contribution < 1.29 is 0 Å². The first kappa shape index (κ1) is 10.6. The van der Waals surface area contributed by atoms with Crippen molar-refractivity contribution in [2.24, 2.45) is 24.1 Å². The summed E-state index contributed by atoms with van der Waals surface area (Å²) in [6.45, 7) is 3.08. The van der Waals surface area contributed by atoms with Crippen LogP contribution in [-0.4, -0.2) is 21.3 Å². The molecule has 1 aliphatic rings. The van der Waals surface area contributed by atoms with Gasteiger partial charge in [0.1, 0.15) is 12.2 Å². The van der Waals surface area contributed by atoms with E-state index in [1.165, 1.54) is 19.3 Å². The van der Waals surface area contributed by atoms with Crippen LogP contribution in [0.25, 0.3) is 0 Å². The molecular formula is C11H20N4. The monoisotopic (exact) mass is 208 g/mol. The van der Waals surface area contributed by atoms with Crippen molar-refractivity contribution in [1.82, 2.24) is 14.8 Å². The van der Waals surface area contributed by atoms with E-state index in [0.717, 1.165) is 24.7 Å². The Balaban J connectivity index is 2.12. The molecule has 0 amide bonds. The number of nitrogens with zero attached hydrogens (tertiary/aromatic N) is 3. The van der Waals surface area contributed by atoms with Crippen molar-refractivity contribution in [1.29, 1.82) is 0 Å². The highest BCUT2D eigenvalue weighted by molar-refractivity contribution is 4.98. The number of nitrogens with two attached hydrogens (primary N) is 1. The summed E-state index contributed by atoms with van der Waals surface area (Å²) in [5, 5.41) is 4.11. The molecule has 0 aromatic carbocycles. The Morgan fingerprint density at radius 1 is 1.67 bits per heavy atom. The predicted molar refractivity (Wildman–Crippen MR) is 59.2 cm³/mol. The van der Waals surface area contributed by atoms with Crippen LogP contribution < -0.4 is 5.73 Å². The molecule has 2 unspecified atom stereocenters. The largest absolute Gasteiger partial charge is 0.330 e. The van der Waals surface area contributed by atoms with Gasteiger partial charge in [0.15, 0.2) is 0 Å². The smallest absolute Gasteiger partial charge is 0.138 e. The Labute approximate surface area is 90.9 Å². The normalized spacial score (nSPS) is 31.0. The van der Waals surface area contributed by atoms with Gasteiger partial charge in [-0.25, -0.2) is 4.98 Å². The van der Waals surface area contributed by atoms with E-state index in [9.17, 15) is 0 Å². The molecule has 1 heterocycles. The maximum atomic E-state index is 5.94. The molecule has 1 fully saturated rings. The van der Waals surface area contributed by atoms with Gasteiger partial charge in [0, 0.05) is 13.5 Å². The molecule has 4 nitrogen and oxygen atoms in total. The van der Waals surface area contributed by atoms with Crippen LogP contribution in [0.1, 0.15) is 32.0 Å². The summed E-state index contributed by atoms with van der Waals surface area (Å²) < 4.78 is 1.86. The lowest BCUT2D eigenvalue weighted by molar-refractivity contribution is 0.285. The van der Waals surface area contributed by atoms with Crippen LogP contribution in [-0.2, 0) is 13.5 Å². The summed E-state index contributed by atoms with van der Waals surface area (Å²) in [6, 6.07) is 0. The fraction of sp³-hybridized carbons (Fsp3) is 0.818. The summed E-state index contributed by atoms with van der Waals surface area (Å²) in [7, 11) is 1.95. The average molecular weight is 208 g/mol. The van der Waals surface area contributed by atoms with Gasteiger partial charge in [-0.3, -0.25) is 4.68 Å². The molecule has 2 rings (SSSR count). The van der Waals surface area contributed by atoms with Gasteiger partial charge in [-0.2, -0.15) is 5.10 Å². The maximum absolute atomic E-state index is 5.94. The number of aromatic nitrogens is 3. The molecule has 1 aromatic rings. The Kier molecular flexibility index (Phi) is 2.78. The second-order valence-electron chi connectivity index (χ2n) is 5.03. The molecule has 0 aliphatic heterocycles. The molecular weight excluding hydrogens is 188 g/mol. The Bertz CT molecular complexity index is 333. The van der Waals surface area contributed by atoms with E-state index < -0.39 is 0 Å². The van der Waals surface area contributed by atoms with Crippen LogP contribution >= 0.6 is 0 Å². The van der Waals surface area contributed by atoms with Gasteiger partial charge in [0.2, 0.25) is 0 Å². The van der Waals surface area contributed by atoms with Crippen LogP contribution in [0, 0.1) is 11.3 Å². The van der Waals surface area contributed by atoms with Gasteiger partial charge < -0.3 is 5.73 Å². The molecule has 0 bridgehead atoms. The first-order valence-corrected chi connectivity index (χ1v) is 5.68. The second kappa shape index (κ2) is 3.93. The van der Waals surface area contributed by atoms with Crippen molar-refractivity contribution in [2.75, 3.05) is 6.54 Å². The van der Waals surface area contributed by atoms with Crippen molar-refractivity contribution in [3.63, 3.8) is 0 Å². The minimum atomic E-state index is 0.278. The van der Waals surface area contributed by atoms with Crippen molar-refractivity contribution in [3.8, 4) is 0 Å². The Hall–Kier alpha value is -0.900. The third-order valence-electron chi connectivity index (χ3n) is 3.72. The van der Waals surface area contributed by atoms with E-state index in [2.05, 4.69) is 17.0 Å². The van der Waals surface area contributed by atoms with E-state index in [1.807, 2.05) is 11.7 Å². The molecule has 2 N–H and O–H groups in total. The van der Waals surface area contributed by atoms with Crippen LogP contribution in [0.3, 0.4) is 0 Å². The summed E-state index contributed by atoms with van der Waals surface area (Å²) in [4.78, 5) is 4.29. The standard InChI is InChI=1S/C11H20N4/c1-9-3-4-11(5-9,7-12)6-10-13-8-14-15(10)2/h8-9H,3-7,12H2,1-2H3. The number of rotatable bonds is 3. The topological polar surface area (TPSA) is 56.7 Å². The van der Waals surface area contributed by atoms with Gasteiger partial charge in [-0.15, -0.1) is 0 Å². The lowest BCUT2D eigenvalue weighted by Crippen LogP contribution is -2.31. The van der Waals surface area contributed by atoms with Gasteiger partial charge in [0.05, 0.1) is 0 Å². The van der Waals surface area contributed by atoms with Crippen molar-refractivity contribution in [3.05, 3.63) is 12.2 Å². The molecule has 15 heavy (non-hydrogen) atoms. The third kappa shape index (κ3) is 2.04. The fourth-order valence-electron chi connectivity index (χ4n) is 2.73. The zero-order valence-corrected chi connectivity index (χ0v) is 9.61. The molecule has 84 valence electrons. The zero-order chi connectivity index (χ0) is 10.9. The highest BCUT2D eigenvalue weighted by Gasteiger charge is 2.37. The average Bonchev–Trinajstić information content (AvgIpc) is 2.76. The van der Waals surface area contributed by atoms with Crippen molar-refractivity contribution in [2.45, 2.75) is 32.6 Å². The van der Waals surface area contributed by atoms with E-state index in [-0.39, 0.29) is 5.41 Å². The van der Waals surface area contributed by atoms with Crippen LogP contribution in [0.15, 0.2) is 6.33 Å². The van der Waals surface area contributed by atoms with Gasteiger partial charge in [0.25, 0.3) is 0 Å². The molecule has 0 saturated heterocycles. The van der Waals surface area contributed by atoms with Crippen molar-refractivity contribution >= 4 is 0 Å². The van der Waals surface area contributed by atoms with Crippen LogP contribution in [0.5, 0.6) is 0 Å². The number of aryl methyl sites for hydroxylation is 1. The molecule has 2 atom stereocenters. The fourth-order valence-corrected chi connectivity index (χ4v) is 2.73. The van der Waals surface area contributed by atoms with Crippen LogP contribution in [0.4, 0.5) is 0 Å². The molecule has 0 radical (unpaired) electrons. The first-order valence-electron chi connectivity index (χ1n) is 5.68. The quantitative estimate of drug-likeness (QED) is 0.810. The number of hydrogen-bond donors (Lipinski definition) is 1. The molecule has 1 aliphatic carbocycles. The molecule has 4 heteroatoms. The van der Waals surface area contributed by atoms with E-state index in [0.29, 0.717) is 0 Å². The molecule has 1 saturated carbocycles. The van der Waals surface area contributed by atoms with Gasteiger partial charge in [-0.1, -0.05) is 13.3 Å². The summed E-state index contributed by atoms with van der Waals surface area (Å²) in [5.74, 6) is 1.87.